The molecule has 0 unspecified atom stereocenters. The summed E-state index contributed by atoms with van der Waals surface area (Å²) in [5.74, 6) is 0.525. The number of benzene rings is 1. The van der Waals surface area contributed by atoms with Crippen molar-refractivity contribution in [1.29, 1.82) is 0 Å². The summed E-state index contributed by atoms with van der Waals surface area (Å²) in [6, 6.07) is 4.62. The minimum atomic E-state index is -0.444. The summed E-state index contributed by atoms with van der Waals surface area (Å²) < 4.78 is 23.8. The summed E-state index contributed by atoms with van der Waals surface area (Å²) in [4.78, 5) is 16.5. The fourth-order valence-electron chi connectivity index (χ4n) is 3.14. The van der Waals surface area contributed by atoms with Crippen LogP contribution in [0.3, 0.4) is 0 Å². The highest BCUT2D eigenvalue weighted by molar-refractivity contribution is 5.91. The highest BCUT2D eigenvalue weighted by Gasteiger charge is 2.21. The zero-order valence-electron chi connectivity index (χ0n) is 15.9. The number of carbonyl (C=O) groups is 1. The van der Waals surface area contributed by atoms with Gasteiger partial charge in [-0.2, -0.15) is 0 Å². The molecule has 0 spiro atoms. The number of hydrogen-bond acceptors (Lipinski definition) is 5. The monoisotopic (exact) mass is 373 g/mol. The van der Waals surface area contributed by atoms with Crippen LogP contribution in [0.15, 0.2) is 28.8 Å². The number of carbonyl (C=O) groups excluding carboxylic acids is 1. The molecule has 1 aromatic heterocycles. The number of nitrogens with zero attached hydrogens (tertiary/aromatic N) is 3. The van der Waals surface area contributed by atoms with E-state index in [-0.39, 0.29) is 11.7 Å². The molecule has 2 aromatic rings. The maximum Gasteiger partial charge on any atom is 0.246 e. The molecule has 0 atom stereocenters. The minimum absolute atomic E-state index is 0.0665. The normalized spacial score (nSPS) is 15.5. The van der Waals surface area contributed by atoms with E-state index in [0.717, 1.165) is 36.7 Å². The Morgan fingerprint density at radius 3 is 2.63 bits per heavy atom. The number of halogens is 1. The number of amides is 1. The Bertz CT molecular complexity index is 819. The van der Waals surface area contributed by atoms with Crippen LogP contribution in [0.25, 0.3) is 6.08 Å². The van der Waals surface area contributed by atoms with E-state index in [1.54, 1.807) is 23.1 Å². The highest BCUT2D eigenvalue weighted by atomic mass is 19.1. The molecule has 0 N–H and O–H groups in total. The van der Waals surface area contributed by atoms with E-state index in [1.807, 2.05) is 13.8 Å². The lowest BCUT2D eigenvalue weighted by molar-refractivity contribution is -0.127. The number of rotatable bonds is 5. The lowest BCUT2D eigenvalue weighted by Gasteiger charge is -2.34. The van der Waals surface area contributed by atoms with Gasteiger partial charge in [-0.05, 0) is 37.6 Å². The second kappa shape index (κ2) is 8.35. The van der Waals surface area contributed by atoms with Crippen LogP contribution < -0.4 is 4.74 Å². The topological polar surface area (TPSA) is 58.8 Å². The zero-order chi connectivity index (χ0) is 19.4. The largest absolute Gasteiger partial charge is 0.494 e. The van der Waals surface area contributed by atoms with Crippen LogP contribution in [-0.4, -0.2) is 54.2 Å². The third-order valence-corrected chi connectivity index (χ3v) is 4.84. The third kappa shape index (κ3) is 4.54. The molecule has 0 bridgehead atoms. The predicted octanol–water partition coefficient (Wildman–Crippen LogP) is 2.80. The van der Waals surface area contributed by atoms with Crippen molar-refractivity contribution in [1.82, 2.24) is 15.0 Å². The standard InChI is InChI=1S/C20H24FN3O3/c1-14-17(15(2)27-22-14)13-23-8-10-24(11-9-23)20(25)7-5-16-4-6-19(26-3)18(21)12-16/h4-7,12H,8-11,13H2,1-3H3/b7-5-. The Morgan fingerprint density at radius 1 is 1.30 bits per heavy atom. The Kier molecular flexibility index (Phi) is 5.91. The van der Waals surface area contributed by atoms with Gasteiger partial charge in [-0.25, -0.2) is 4.39 Å². The third-order valence-electron chi connectivity index (χ3n) is 4.84. The van der Waals surface area contributed by atoms with Crippen LogP contribution in [0.1, 0.15) is 22.6 Å². The van der Waals surface area contributed by atoms with E-state index >= 15 is 0 Å². The fraction of sp³-hybridized carbons (Fsp3) is 0.400. The number of aryl methyl sites for hydroxylation is 2. The molecule has 1 amide bonds. The second-order valence-corrected chi connectivity index (χ2v) is 6.63. The SMILES string of the molecule is COc1ccc(/C=C\C(=O)N2CCN(Cc3c(C)noc3C)CC2)cc1F. The van der Waals surface area contributed by atoms with Gasteiger partial charge in [0.2, 0.25) is 5.91 Å². The fourth-order valence-corrected chi connectivity index (χ4v) is 3.14. The van der Waals surface area contributed by atoms with Crippen molar-refractivity contribution in [2.45, 2.75) is 20.4 Å². The van der Waals surface area contributed by atoms with E-state index in [0.29, 0.717) is 18.7 Å². The Balaban J connectivity index is 1.53. The molecule has 1 saturated heterocycles. The summed E-state index contributed by atoms with van der Waals surface area (Å²) in [7, 11) is 1.42. The molecule has 1 aromatic carbocycles. The first-order valence-corrected chi connectivity index (χ1v) is 8.92. The first kappa shape index (κ1) is 19.1. The Hall–Kier alpha value is -2.67. The molecule has 1 fully saturated rings. The van der Waals surface area contributed by atoms with Gasteiger partial charge in [0, 0.05) is 44.4 Å². The van der Waals surface area contributed by atoms with Crippen molar-refractivity contribution in [2.75, 3.05) is 33.3 Å². The van der Waals surface area contributed by atoms with Crippen molar-refractivity contribution in [3.8, 4) is 5.75 Å². The van der Waals surface area contributed by atoms with E-state index in [1.165, 1.54) is 19.3 Å². The molecule has 3 rings (SSSR count). The van der Waals surface area contributed by atoms with Crippen LogP contribution in [-0.2, 0) is 11.3 Å². The lowest BCUT2D eigenvalue weighted by atomic mass is 10.1. The summed E-state index contributed by atoms with van der Waals surface area (Å²) >= 11 is 0. The van der Waals surface area contributed by atoms with Crippen molar-refractivity contribution in [3.05, 3.63) is 52.7 Å². The molecule has 7 heteroatoms. The Labute approximate surface area is 158 Å². The molecule has 144 valence electrons. The first-order valence-electron chi connectivity index (χ1n) is 8.92. The van der Waals surface area contributed by atoms with Gasteiger partial charge in [0.15, 0.2) is 11.6 Å². The van der Waals surface area contributed by atoms with E-state index in [9.17, 15) is 9.18 Å². The van der Waals surface area contributed by atoms with Crippen molar-refractivity contribution in [2.24, 2.45) is 0 Å². The molecular formula is C20H24FN3O3. The molecule has 1 aliphatic heterocycles. The second-order valence-electron chi connectivity index (χ2n) is 6.63. The van der Waals surface area contributed by atoms with Gasteiger partial charge in [-0.1, -0.05) is 11.2 Å². The number of piperazine rings is 1. The first-order chi connectivity index (χ1) is 13.0. The van der Waals surface area contributed by atoms with Crippen molar-refractivity contribution >= 4 is 12.0 Å². The van der Waals surface area contributed by atoms with Crippen LogP contribution >= 0.6 is 0 Å². The van der Waals surface area contributed by atoms with Gasteiger partial charge in [0.25, 0.3) is 0 Å². The lowest BCUT2D eigenvalue weighted by Crippen LogP contribution is -2.47. The number of methoxy groups -OCH3 is 1. The molecule has 0 radical (unpaired) electrons. The molecule has 27 heavy (non-hydrogen) atoms. The van der Waals surface area contributed by atoms with Crippen LogP contribution in [0.4, 0.5) is 4.39 Å². The van der Waals surface area contributed by atoms with E-state index in [2.05, 4.69) is 10.1 Å². The van der Waals surface area contributed by atoms with Gasteiger partial charge in [-0.3, -0.25) is 9.69 Å². The van der Waals surface area contributed by atoms with Crippen LogP contribution in [0.2, 0.25) is 0 Å². The predicted molar refractivity (Wildman–Crippen MR) is 99.8 cm³/mol. The summed E-state index contributed by atoms with van der Waals surface area (Å²) in [5.41, 5.74) is 2.66. The average Bonchev–Trinajstić information content (AvgIpc) is 2.99. The Morgan fingerprint density at radius 2 is 2.04 bits per heavy atom. The summed E-state index contributed by atoms with van der Waals surface area (Å²) in [6.45, 7) is 7.54. The van der Waals surface area contributed by atoms with Crippen LogP contribution in [0, 0.1) is 19.7 Å². The van der Waals surface area contributed by atoms with Gasteiger partial charge >= 0.3 is 0 Å². The van der Waals surface area contributed by atoms with Gasteiger partial charge < -0.3 is 14.2 Å². The van der Waals surface area contributed by atoms with Crippen molar-refractivity contribution in [3.63, 3.8) is 0 Å². The van der Waals surface area contributed by atoms with Gasteiger partial charge in [-0.15, -0.1) is 0 Å². The highest BCUT2D eigenvalue weighted by Crippen LogP contribution is 2.19. The van der Waals surface area contributed by atoms with Crippen molar-refractivity contribution < 1.29 is 18.4 Å². The maximum atomic E-state index is 13.7. The smallest absolute Gasteiger partial charge is 0.246 e. The molecule has 0 aliphatic carbocycles. The zero-order valence-corrected chi connectivity index (χ0v) is 15.9. The molecular weight excluding hydrogens is 349 g/mol. The molecule has 2 heterocycles. The number of ether oxygens (including phenoxy) is 1. The number of hydrogen-bond donors (Lipinski definition) is 0. The maximum absolute atomic E-state index is 13.7. The van der Waals surface area contributed by atoms with Gasteiger partial charge in [0.05, 0.1) is 12.8 Å². The minimum Gasteiger partial charge on any atom is -0.494 e. The average molecular weight is 373 g/mol. The molecule has 0 saturated carbocycles. The van der Waals surface area contributed by atoms with E-state index < -0.39 is 5.82 Å². The summed E-state index contributed by atoms with van der Waals surface area (Å²) in [6.07, 6.45) is 3.12. The number of aromatic nitrogens is 1. The van der Waals surface area contributed by atoms with Gasteiger partial charge in [0.1, 0.15) is 5.76 Å². The van der Waals surface area contributed by atoms with E-state index in [4.69, 9.17) is 9.26 Å². The molecule has 1 aliphatic rings. The summed E-state index contributed by atoms with van der Waals surface area (Å²) in [5, 5.41) is 3.99. The molecule has 6 nitrogen and oxygen atoms in total. The van der Waals surface area contributed by atoms with Crippen LogP contribution in [0.5, 0.6) is 5.75 Å². The quantitative estimate of drug-likeness (QED) is 0.755.